The van der Waals surface area contributed by atoms with Gasteiger partial charge in [-0.3, -0.25) is 9.69 Å². The van der Waals surface area contributed by atoms with E-state index in [9.17, 15) is 4.79 Å². The van der Waals surface area contributed by atoms with Crippen LogP contribution in [0.2, 0.25) is 0 Å². The molecule has 0 radical (unpaired) electrons. The lowest BCUT2D eigenvalue weighted by molar-refractivity contribution is -0.120. The minimum absolute atomic E-state index is 0.0227. The van der Waals surface area contributed by atoms with Crippen molar-refractivity contribution in [3.63, 3.8) is 0 Å². The average Bonchev–Trinajstić information content (AvgIpc) is 2.69. The summed E-state index contributed by atoms with van der Waals surface area (Å²) in [6.07, 6.45) is 4.33. The first-order chi connectivity index (χ1) is 13.1. The Morgan fingerprint density at radius 3 is 2.63 bits per heavy atom. The average molecular weight is 367 g/mol. The van der Waals surface area contributed by atoms with E-state index in [2.05, 4.69) is 41.4 Å². The third kappa shape index (κ3) is 5.83. The number of carbonyl (C=O) groups is 1. The van der Waals surface area contributed by atoms with E-state index in [1.807, 2.05) is 24.3 Å². The van der Waals surface area contributed by atoms with Gasteiger partial charge in [-0.05, 0) is 55.1 Å². The lowest BCUT2D eigenvalue weighted by Crippen LogP contribution is -2.36. The van der Waals surface area contributed by atoms with Gasteiger partial charge in [-0.2, -0.15) is 0 Å². The second-order valence-electron chi connectivity index (χ2n) is 7.44. The molecule has 1 atom stereocenters. The number of hydrogen-bond acceptors (Lipinski definition) is 3. The van der Waals surface area contributed by atoms with Gasteiger partial charge in [0.15, 0.2) is 0 Å². The summed E-state index contributed by atoms with van der Waals surface area (Å²) in [5.74, 6) is 0.799. The van der Waals surface area contributed by atoms with E-state index in [4.69, 9.17) is 4.74 Å². The minimum atomic E-state index is 0.0227. The van der Waals surface area contributed by atoms with Gasteiger partial charge in [0.2, 0.25) is 5.91 Å². The lowest BCUT2D eigenvalue weighted by Gasteiger charge is -2.33. The molecule has 0 spiro atoms. The van der Waals surface area contributed by atoms with Crippen molar-refractivity contribution in [2.45, 2.75) is 51.7 Å². The van der Waals surface area contributed by atoms with Crippen molar-refractivity contribution in [3.8, 4) is 5.75 Å². The summed E-state index contributed by atoms with van der Waals surface area (Å²) in [5, 5.41) is 3.00. The third-order valence-corrected chi connectivity index (χ3v) is 5.34. The molecule has 144 valence electrons. The van der Waals surface area contributed by atoms with E-state index < -0.39 is 0 Å². The maximum Gasteiger partial charge on any atom is 0.224 e. The third-order valence-electron chi connectivity index (χ3n) is 5.34. The lowest BCUT2D eigenvalue weighted by atomic mass is 10.0. The fraction of sp³-hybridized carbons (Fsp3) is 0.435. The predicted molar refractivity (Wildman–Crippen MR) is 109 cm³/mol. The zero-order valence-electron chi connectivity index (χ0n) is 16.4. The van der Waals surface area contributed by atoms with Gasteiger partial charge in [0.25, 0.3) is 0 Å². The fourth-order valence-electron chi connectivity index (χ4n) is 3.62. The molecule has 0 aliphatic carbocycles. The van der Waals surface area contributed by atoms with Gasteiger partial charge in [0.1, 0.15) is 5.75 Å². The van der Waals surface area contributed by atoms with E-state index in [1.165, 1.54) is 31.4 Å². The molecule has 1 fully saturated rings. The molecule has 0 aromatic heterocycles. The molecule has 1 N–H and O–H groups in total. The number of amides is 1. The van der Waals surface area contributed by atoms with Crippen molar-refractivity contribution in [1.29, 1.82) is 0 Å². The number of carbonyl (C=O) groups excluding carboxylic acids is 1. The fourth-order valence-corrected chi connectivity index (χ4v) is 3.62. The van der Waals surface area contributed by atoms with Gasteiger partial charge >= 0.3 is 0 Å². The second kappa shape index (κ2) is 9.56. The van der Waals surface area contributed by atoms with Crippen molar-refractivity contribution < 1.29 is 9.53 Å². The van der Waals surface area contributed by atoms with Crippen molar-refractivity contribution in [3.05, 3.63) is 65.2 Å². The highest BCUT2D eigenvalue weighted by atomic mass is 16.5. The molecule has 1 aliphatic rings. The summed E-state index contributed by atoms with van der Waals surface area (Å²) in [7, 11) is 1.63. The number of hydrogen-bond donors (Lipinski definition) is 1. The van der Waals surface area contributed by atoms with Crippen LogP contribution in [0.25, 0.3) is 0 Å². The molecule has 1 heterocycles. The molecular formula is C23H30N2O2. The van der Waals surface area contributed by atoms with Crippen LogP contribution in [-0.4, -0.2) is 30.5 Å². The molecule has 27 heavy (non-hydrogen) atoms. The number of methoxy groups -OCH3 is 1. The van der Waals surface area contributed by atoms with Crippen LogP contribution in [0.1, 0.15) is 42.9 Å². The Kier molecular flexibility index (Phi) is 6.88. The van der Waals surface area contributed by atoms with Crippen LogP contribution in [0.15, 0.2) is 48.5 Å². The van der Waals surface area contributed by atoms with Crippen LogP contribution >= 0.6 is 0 Å². The molecule has 1 amide bonds. The Balaban J connectivity index is 1.47. The highest BCUT2D eigenvalue weighted by molar-refractivity contribution is 5.78. The van der Waals surface area contributed by atoms with Crippen LogP contribution < -0.4 is 10.1 Å². The Morgan fingerprint density at radius 2 is 1.89 bits per heavy atom. The predicted octanol–water partition coefficient (Wildman–Crippen LogP) is 3.93. The van der Waals surface area contributed by atoms with Gasteiger partial charge in [-0.15, -0.1) is 0 Å². The van der Waals surface area contributed by atoms with Crippen molar-refractivity contribution in [1.82, 2.24) is 10.2 Å². The smallest absolute Gasteiger partial charge is 0.224 e. The first kappa shape index (κ1) is 19.4. The molecule has 1 saturated heterocycles. The van der Waals surface area contributed by atoms with E-state index in [0.29, 0.717) is 19.0 Å². The number of piperidine rings is 1. The van der Waals surface area contributed by atoms with Gasteiger partial charge in [-0.1, -0.05) is 42.8 Å². The number of rotatable bonds is 7. The van der Waals surface area contributed by atoms with Crippen LogP contribution in [0.5, 0.6) is 5.75 Å². The molecule has 1 aliphatic heterocycles. The number of likely N-dealkylation sites (tertiary alicyclic amines) is 1. The zero-order chi connectivity index (χ0) is 19.1. The zero-order valence-corrected chi connectivity index (χ0v) is 16.4. The van der Waals surface area contributed by atoms with Gasteiger partial charge in [0.05, 0.1) is 13.5 Å². The van der Waals surface area contributed by atoms with Crippen LogP contribution in [0.3, 0.4) is 0 Å². The highest BCUT2D eigenvalue weighted by Crippen LogP contribution is 2.19. The minimum Gasteiger partial charge on any atom is -0.497 e. The summed E-state index contributed by atoms with van der Waals surface area (Å²) in [6, 6.07) is 16.9. The van der Waals surface area contributed by atoms with Crippen molar-refractivity contribution >= 4 is 5.91 Å². The summed E-state index contributed by atoms with van der Waals surface area (Å²) < 4.78 is 5.20. The monoisotopic (exact) mass is 366 g/mol. The van der Waals surface area contributed by atoms with E-state index >= 15 is 0 Å². The van der Waals surface area contributed by atoms with Crippen molar-refractivity contribution in [2.75, 3.05) is 13.7 Å². The molecule has 0 bridgehead atoms. The second-order valence-corrected chi connectivity index (χ2v) is 7.44. The molecule has 2 aromatic carbocycles. The number of nitrogens with one attached hydrogen (secondary N) is 1. The van der Waals surface area contributed by atoms with Gasteiger partial charge < -0.3 is 10.1 Å². The Labute approximate surface area is 162 Å². The highest BCUT2D eigenvalue weighted by Gasteiger charge is 2.17. The molecular weight excluding hydrogens is 336 g/mol. The van der Waals surface area contributed by atoms with E-state index in [1.54, 1.807) is 7.11 Å². The van der Waals surface area contributed by atoms with Crippen LogP contribution in [0.4, 0.5) is 0 Å². The quantitative estimate of drug-likeness (QED) is 0.807. The Morgan fingerprint density at radius 1 is 1.11 bits per heavy atom. The molecule has 4 heteroatoms. The Bertz CT molecular complexity index is 742. The molecule has 4 nitrogen and oxygen atoms in total. The molecule has 3 rings (SSSR count). The van der Waals surface area contributed by atoms with Gasteiger partial charge in [-0.25, -0.2) is 0 Å². The molecule has 0 saturated carbocycles. The molecule has 0 unspecified atom stereocenters. The SMILES string of the molecule is COc1cccc(CC(=O)NCc2ccc(CN3CCCC[C@@H]3C)cc2)c1. The summed E-state index contributed by atoms with van der Waals surface area (Å²) in [5.41, 5.74) is 3.43. The maximum absolute atomic E-state index is 12.2. The van der Waals surface area contributed by atoms with E-state index in [0.717, 1.165) is 23.4 Å². The van der Waals surface area contributed by atoms with E-state index in [-0.39, 0.29) is 5.91 Å². The normalized spacial score (nSPS) is 17.5. The summed E-state index contributed by atoms with van der Waals surface area (Å²) >= 11 is 0. The summed E-state index contributed by atoms with van der Waals surface area (Å²) in [6.45, 7) is 5.10. The topological polar surface area (TPSA) is 41.6 Å². The Hall–Kier alpha value is -2.33. The molecule has 2 aromatic rings. The van der Waals surface area contributed by atoms with Crippen LogP contribution in [-0.2, 0) is 24.3 Å². The largest absolute Gasteiger partial charge is 0.497 e. The number of ether oxygens (including phenoxy) is 1. The first-order valence-electron chi connectivity index (χ1n) is 9.85. The standard InChI is InChI=1S/C23H30N2O2/c1-18-6-3-4-13-25(18)17-20-11-9-19(10-12-20)16-24-23(26)15-21-7-5-8-22(14-21)27-2/h5,7-12,14,18H,3-4,6,13,15-17H2,1-2H3,(H,24,26)/t18-/m0/s1. The summed E-state index contributed by atoms with van der Waals surface area (Å²) in [4.78, 5) is 14.8. The first-order valence-corrected chi connectivity index (χ1v) is 9.85. The number of benzene rings is 2. The number of nitrogens with zero attached hydrogens (tertiary/aromatic N) is 1. The van der Waals surface area contributed by atoms with Gasteiger partial charge in [0, 0.05) is 19.1 Å². The van der Waals surface area contributed by atoms with Crippen LogP contribution in [0, 0.1) is 0 Å². The maximum atomic E-state index is 12.2. The van der Waals surface area contributed by atoms with Crippen molar-refractivity contribution in [2.24, 2.45) is 0 Å².